The summed E-state index contributed by atoms with van der Waals surface area (Å²) in [6, 6.07) is 8.98. The van der Waals surface area contributed by atoms with Crippen molar-refractivity contribution in [2.75, 3.05) is 18.0 Å². The molecule has 1 aromatic carbocycles. The van der Waals surface area contributed by atoms with Gasteiger partial charge in [0, 0.05) is 30.5 Å². The van der Waals surface area contributed by atoms with E-state index in [1.165, 1.54) is 0 Å². The first-order valence-corrected chi connectivity index (χ1v) is 9.16. The van der Waals surface area contributed by atoms with E-state index in [9.17, 15) is 9.59 Å². The maximum absolute atomic E-state index is 12.9. The lowest BCUT2D eigenvalue weighted by atomic mass is 9.98. The minimum absolute atomic E-state index is 0.0178. The molecule has 0 radical (unpaired) electrons. The summed E-state index contributed by atoms with van der Waals surface area (Å²) >= 11 is 0. The molecule has 0 spiro atoms. The molecular formula is C19H23N5O2. The number of likely N-dealkylation sites (tertiary alicyclic amines) is 1. The molecule has 2 unspecified atom stereocenters. The second-order valence-electron chi connectivity index (χ2n) is 6.85. The van der Waals surface area contributed by atoms with Crippen LogP contribution in [-0.4, -0.2) is 46.2 Å². The number of H-pyrrole nitrogens is 1. The minimum atomic E-state index is -0.463. The highest BCUT2D eigenvalue weighted by Gasteiger charge is 2.36. The van der Waals surface area contributed by atoms with Crippen molar-refractivity contribution in [3.63, 3.8) is 0 Å². The Hall–Kier alpha value is -2.83. The number of urea groups is 1. The van der Waals surface area contributed by atoms with Gasteiger partial charge in [0.1, 0.15) is 6.04 Å². The molecular weight excluding hydrogens is 330 g/mol. The fourth-order valence-corrected chi connectivity index (χ4v) is 3.87. The van der Waals surface area contributed by atoms with Crippen LogP contribution in [0.4, 0.5) is 10.5 Å². The summed E-state index contributed by atoms with van der Waals surface area (Å²) in [5.41, 5.74) is 1.90. The number of carbonyl (C=O) groups is 2. The topological polar surface area (TPSA) is 81.3 Å². The van der Waals surface area contributed by atoms with E-state index in [4.69, 9.17) is 0 Å². The van der Waals surface area contributed by atoms with Crippen LogP contribution in [0, 0.1) is 0 Å². The van der Waals surface area contributed by atoms with Gasteiger partial charge < -0.3 is 15.1 Å². The van der Waals surface area contributed by atoms with Crippen molar-refractivity contribution in [1.29, 1.82) is 0 Å². The number of aromatic amines is 1. The lowest BCUT2D eigenvalue weighted by Crippen LogP contribution is -2.50. The molecule has 3 heterocycles. The van der Waals surface area contributed by atoms with Crippen molar-refractivity contribution in [1.82, 2.24) is 20.4 Å². The van der Waals surface area contributed by atoms with Crippen LogP contribution in [0.5, 0.6) is 0 Å². The smallest absolute Gasteiger partial charge is 0.318 e. The predicted octanol–water partition coefficient (Wildman–Crippen LogP) is 2.45. The molecule has 7 nitrogen and oxygen atoms in total. The highest BCUT2D eigenvalue weighted by molar-refractivity contribution is 6.01. The van der Waals surface area contributed by atoms with E-state index in [2.05, 4.69) is 15.5 Å². The van der Waals surface area contributed by atoms with Crippen LogP contribution in [-0.2, 0) is 4.79 Å². The summed E-state index contributed by atoms with van der Waals surface area (Å²) in [6.45, 7) is 1.32. The first-order valence-electron chi connectivity index (χ1n) is 9.16. The summed E-state index contributed by atoms with van der Waals surface area (Å²) in [7, 11) is 0. The zero-order valence-corrected chi connectivity index (χ0v) is 14.6. The molecule has 136 valence electrons. The van der Waals surface area contributed by atoms with Gasteiger partial charge in [-0.1, -0.05) is 18.2 Å². The van der Waals surface area contributed by atoms with Crippen molar-refractivity contribution in [3.05, 3.63) is 48.3 Å². The van der Waals surface area contributed by atoms with Gasteiger partial charge in [0.25, 0.3) is 0 Å². The van der Waals surface area contributed by atoms with Crippen LogP contribution in [0.3, 0.4) is 0 Å². The molecule has 2 atom stereocenters. The van der Waals surface area contributed by atoms with Gasteiger partial charge in [0.05, 0.1) is 12.2 Å². The molecule has 2 aliphatic rings. The Labute approximate surface area is 152 Å². The second kappa shape index (κ2) is 7.19. The van der Waals surface area contributed by atoms with Crippen LogP contribution in [0.15, 0.2) is 42.7 Å². The van der Waals surface area contributed by atoms with Gasteiger partial charge in [-0.3, -0.25) is 9.89 Å². The van der Waals surface area contributed by atoms with Crippen molar-refractivity contribution in [3.8, 4) is 0 Å². The van der Waals surface area contributed by atoms with E-state index in [1.807, 2.05) is 41.4 Å². The molecule has 2 aliphatic heterocycles. The summed E-state index contributed by atoms with van der Waals surface area (Å²) in [6.07, 6.45) is 7.23. The molecule has 0 saturated carbocycles. The Kier molecular flexibility index (Phi) is 4.60. The Morgan fingerprint density at radius 2 is 2.00 bits per heavy atom. The average molecular weight is 353 g/mol. The average Bonchev–Trinajstić information content (AvgIpc) is 3.33. The van der Waals surface area contributed by atoms with Crippen LogP contribution in [0.25, 0.3) is 0 Å². The molecule has 26 heavy (non-hydrogen) atoms. The summed E-state index contributed by atoms with van der Waals surface area (Å²) < 4.78 is 0. The van der Waals surface area contributed by atoms with Crippen LogP contribution >= 0.6 is 0 Å². The SMILES string of the molecule is O=C1C(NC(=O)N2CCCCC2c2cn[nH]c2)CCN1c1ccccc1. The van der Waals surface area contributed by atoms with E-state index in [1.54, 1.807) is 11.1 Å². The fourth-order valence-electron chi connectivity index (χ4n) is 3.87. The Morgan fingerprint density at radius 3 is 2.77 bits per heavy atom. The number of nitrogens with one attached hydrogen (secondary N) is 2. The first kappa shape index (κ1) is 16.6. The fraction of sp³-hybridized carbons (Fsp3) is 0.421. The predicted molar refractivity (Wildman–Crippen MR) is 97.6 cm³/mol. The van der Waals surface area contributed by atoms with Crippen molar-refractivity contribution < 1.29 is 9.59 Å². The summed E-state index contributed by atoms with van der Waals surface area (Å²) in [5, 5.41) is 9.78. The van der Waals surface area contributed by atoms with Gasteiger partial charge in [-0.2, -0.15) is 5.10 Å². The van der Waals surface area contributed by atoms with Crippen LogP contribution < -0.4 is 10.2 Å². The standard InChI is InChI=1S/C19H23N5O2/c25-18-16(9-11-23(18)15-6-2-1-3-7-15)22-19(26)24-10-5-4-8-17(24)14-12-20-21-13-14/h1-3,6-7,12-13,16-17H,4-5,8-11H2,(H,20,21)(H,22,26). The molecule has 3 amide bonds. The normalized spacial score (nSPS) is 23.3. The molecule has 0 bridgehead atoms. The van der Waals surface area contributed by atoms with Gasteiger partial charge in [-0.15, -0.1) is 0 Å². The highest BCUT2D eigenvalue weighted by Crippen LogP contribution is 2.30. The molecule has 7 heteroatoms. The Bertz CT molecular complexity index is 762. The summed E-state index contributed by atoms with van der Waals surface area (Å²) in [4.78, 5) is 29.2. The molecule has 2 fully saturated rings. The zero-order chi connectivity index (χ0) is 17.9. The number of anilines is 1. The quantitative estimate of drug-likeness (QED) is 0.889. The van der Waals surface area contributed by atoms with Crippen LogP contribution in [0.1, 0.15) is 37.3 Å². The number of para-hydroxylation sites is 1. The number of piperidine rings is 1. The zero-order valence-electron chi connectivity index (χ0n) is 14.6. The van der Waals surface area contributed by atoms with E-state index in [0.717, 1.165) is 30.5 Å². The summed E-state index contributed by atoms with van der Waals surface area (Å²) in [5.74, 6) is -0.0404. The van der Waals surface area contributed by atoms with Gasteiger partial charge in [0.2, 0.25) is 5.91 Å². The number of hydrogen-bond acceptors (Lipinski definition) is 3. The molecule has 0 aliphatic carbocycles. The van der Waals surface area contributed by atoms with Gasteiger partial charge in [-0.25, -0.2) is 4.79 Å². The Balaban J connectivity index is 1.43. The van der Waals surface area contributed by atoms with Crippen molar-refractivity contribution in [2.24, 2.45) is 0 Å². The second-order valence-corrected chi connectivity index (χ2v) is 6.85. The maximum Gasteiger partial charge on any atom is 0.318 e. The van der Waals surface area contributed by atoms with Crippen molar-refractivity contribution in [2.45, 2.75) is 37.8 Å². The minimum Gasteiger partial charge on any atom is -0.326 e. The first-order chi connectivity index (χ1) is 12.7. The van der Waals surface area contributed by atoms with Gasteiger partial charge in [-0.05, 0) is 37.8 Å². The van der Waals surface area contributed by atoms with Gasteiger partial charge in [0.15, 0.2) is 0 Å². The van der Waals surface area contributed by atoms with Crippen LogP contribution in [0.2, 0.25) is 0 Å². The molecule has 2 aromatic rings. The molecule has 2 N–H and O–H groups in total. The van der Waals surface area contributed by atoms with Gasteiger partial charge >= 0.3 is 6.03 Å². The molecule has 1 aromatic heterocycles. The third-order valence-electron chi connectivity index (χ3n) is 5.24. The molecule has 2 saturated heterocycles. The van der Waals surface area contributed by atoms with E-state index < -0.39 is 6.04 Å². The largest absolute Gasteiger partial charge is 0.326 e. The lowest BCUT2D eigenvalue weighted by Gasteiger charge is -2.35. The molecule has 4 rings (SSSR count). The third kappa shape index (κ3) is 3.16. The number of amides is 3. The van der Waals surface area contributed by atoms with Crippen molar-refractivity contribution >= 4 is 17.6 Å². The van der Waals surface area contributed by atoms with E-state index in [0.29, 0.717) is 19.5 Å². The highest BCUT2D eigenvalue weighted by atomic mass is 16.2. The lowest BCUT2D eigenvalue weighted by molar-refractivity contribution is -0.118. The number of nitrogens with zero attached hydrogens (tertiary/aromatic N) is 3. The van der Waals surface area contributed by atoms with E-state index in [-0.39, 0.29) is 18.0 Å². The monoisotopic (exact) mass is 353 g/mol. The number of carbonyl (C=O) groups excluding carboxylic acids is 2. The Morgan fingerprint density at radius 1 is 1.15 bits per heavy atom. The number of hydrogen-bond donors (Lipinski definition) is 2. The number of benzene rings is 1. The number of aromatic nitrogens is 2. The third-order valence-corrected chi connectivity index (χ3v) is 5.24. The maximum atomic E-state index is 12.9. The number of rotatable bonds is 3. The van der Waals surface area contributed by atoms with E-state index >= 15 is 0 Å².